The van der Waals surface area contributed by atoms with Crippen molar-refractivity contribution in [1.82, 2.24) is 9.47 Å². The number of nitrogens with zero attached hydrogens (tertiary/aromatic N) is 2. The predicted octanol–water partition coefficient (Wildman–Crippen LogP) is 4.65. The topological polar surface area (TPSA) is 42.3 Å². The van der Waals surface area contributed by atoms with Gasteiger partial charge in [0.15, 0.2) is 0 Å². The highest BCUT2D eigenvalue weighted by Crippen LogP contribution is 2.23. The highest BCUT2D eigenvalue weighted by molar-refractivity contribution is 9.11. The van der Waals surface area contributed by atoms with Gasteiger partial charge in [-0.3, -0.25) is 9.59 Å². The van der Waals surface area contributed by atoms with Gasteiger partial charge in [-0.05, 0) is 45.8 Å². The van der Waals surface area contributed by atoms with Gasteiger partial charge < -0.3 is 9.47 Å². The monoisotopic (exact) mass is 450 g/mol. The minimum Gasteiger partial charge on any atom is -0.337 e. The lowest BCUT2D eigenvalue weighted by Gasteiger charge is -2.17. The number of hydrogen-bond donors (Lipinski definition) is 0. The third kappa shape index (κ3) is 4.44. The first-order valence-electron chi connectivity index (χ1n) is 7.87. The van der Waals surface area contributed by atoms with E-state index in [0.717, 1.165) is 14.2 Å². The van der Waals surface area contributed by atoms with Gasteiger partial charge in [-0.25, -0.2) is 0 Å². The lowest BCUT2D eigenvalue weighted by molar-refractivity contribution is 0.0785. The number of amides is 1. The Bertz CT molecular complexity index is 999. The molecule has 0 saturated heterocycles. The van der Waals surface area contributed by atoms with Crippen molar-refractivity contribution in [2.45, 2.75) is 13.1 Å². The second-order valence-corrected chi connectivity index (χ2v) is 8.80. The Kier molecular flexibility index (Phi) is 5.96. The molecule has 0 fully saturated rings. The molecule has 0 bridgehead atoms. The summed E-state index contributed by atoms with van der Waals surface area (Å²) in [5.41, 5.74) is 1.12. The number of carbonyl (C=O) groups is 1. The van der Waals surface area contributed by atoms with Gasteiger partial charge in [-0.1, -0.05) is 29.8 Å². The molecule has 1 aromatic carbocycles. The molecular formula is C19H16BrClN2O2S. The van der Waals surface area contributed by atoms with Crippen LogP contribution in [0.15, 0.2) is 63.3 Å². The van der Waals surface area contributed by atoms with Crippen LogP contribution in [0, 0.1) is 0 Å². The molecule has 1 amide bonds. The van der Waals surface area contributed by atoms with Gasteiger partial charge >= 0.3 is 0 Å². The van der Waals surface area contributed by atoms with E-state index < -0.39 is 0 Å². The maximum atomic E-state index is 12.7. The summed E-state index contributed by atoms with van der Waals surface area (Å²) in [6, 6.07) is 14.3. The van der Waals surface area contributed by atoms with Crippen LogP contribution in [0.25, 0.3) is 0 Å². The number of halogens is 2. The molecule has 0 radical (unpaired) electrons. The summed E-state index contributed by atoms with van der Waals surface area (Å²) in [5, 5.41) is 0.594. The molecule has 0 spiro atoms. The van der Waals surface area contributed by atoms with Crippen molar-refractivity contribution >= 4 is 44.8 Å². The fourth-order valence-corrected chi connectivity index (χ4v) is 4.29. The van der Waals surface area contributed by atoms with E-state index in [1.165, 1.54) is 10.6 Å². The summed E-state index contributed by atoms with van der Waals surface area (Å²) in [4.78, 5) is 27.6. The van der Waals surface area contributed by atoms with Crippen molar-refractivity contribution < 1.29 is 4.79 Å². The normalized spacial score (nSPS) is 10.7. The number of hydrogen-bond acceptors (Lipinski definition) is 3. The van der Waals surface area contributed by atoms with Crippen molar-refractivity contribution in [3.8, 4) is 0 Å². The van der Waals surface area contributed by atoms with Crippen molar-refractivity contribution in [3.05, 3.63) is 89.9 Å². The van der Waals surface area contributed by atoms with Crippen LogP contribution < -0.4 is 5.56 Å². The van der Waals surface area contributed by atoms with E-state index >= 15 is 0 Å². The molecule has 134 valence electrons. The van der Waals surface area contributed by atoms with Gasteiger partial charge in [-0.2, -0.15) is 0 Å². The number of rotatable bonds is 5. The van der Waals surface area contributed by atoms with E-state index in [0.29, 0.717) is 23.7 Å². The first-order chi connectivity index (χ1) is 12.4. The summed E-state index contributed by atoms with van der Waals surface area (Å²) in [7, 11) is 1.75. The van der Waals surface area contributed by atoms with Gasteiger partial charge in [0, 0.05) is 29.2 Å². The SMILES string of the molecule is CN(Cc1ccc(Br)s1)C(=O)c1ccc(=O)n(Cc2ccccc2Cl)c1. The largest absolute Gasteiger partial charge is 0.337 e. The fraction of sp³-hybridized carbons (Fsp3) is 0.158. The van der Waals surface area contributed by atoms with Gasteiger partial charge in [0.1, 0.15) is 0 Å². The smallest absolute Gasteiger partial charge is 0.255 e. The van der Waals surface area contributed by atoms with Crippen molar-refractivity contribution in [2.75, 3.05) is 7.05 Å². The molecule has 0 unspecified atom stereocenters. The zero-order valence-electron chi connectivity index (χ0n) is 14.0. The van der Waals surface area contributed by atoms with Crippen molar-refractivity contribution in [3.63, 3.8) is 0 Å². The Morgan fingerprint density at radius 1 is 1.19 bits per heavy atom. The van der Waals surface area contributed by atoms with Crippen LogP contribution in [-0.2, 0) is 13.1 Å². The zero-order valence-corrected chi connectivity index (χ0v) is 17.1. The Morgan fingerprint density at radius 3 is 2.65 bits per heavy atom. The number of carbonyl (C=O) groups excluding carboxylic acids is 1. The molecule has 0 N–H and O–H groups in total. The van der Waals surface area contributed by atoms with Crippen molar-refractivity contribution in [2.24, 2.45) is 0 Å². The van der Waals surface area contributed by atoms with E-state index in [1.807, 2.05) is 30.3 Å². The molecule has 0 aliphatic carbocycles. The molecule has 0 aliphatic heterocycles. The first kappa shape index (κ1) is 18.9. The summed E-state index contributed by atoms with van der Waals surface area (Å²) in [5.74, 6) is -0.137. The van der Waals surface area contributed by atoms with E-state index in [4.69, 9.17) is 11.6 Å². The second kappa shape index (κ2) is 8.20. The Balaban J connectivity index is 1.81. The summed E-state index contributed by atoms with van der Waals surface area (Å²) in [6.07, 6.45) is 1.59. The molecule has 2 aromatic heterocycles. The molecule has 4 nitrogen and oxygen atoms in total. The fourth-order valence-electron chi connectivity index (χ4n) is 2.55. The number of aromatic nitrogens is 1. The molecular weight excluding hydrogens is 436 g/mol. The van der Waals surface area contributed by atoms with Gasteiger partial charge in [-0.15, -0.1) is 11.3 Å². The Hall–Kier alpha value is -1.89. The predicted molar refractivity (Wildman–Crippen MR) is 109 cm³/mol. The second-order valence-electron chi connectivity index (χ2n) is 5.84. The molecule has 0 saturated carbocycles. The quantitative estimate of drug-likeness (QED) is 0.567. The summed E-state index contributed by atoms with van der Waals surface area (Å²) in [6.45, 7) is 0.833. The summed E-state index contributed by atoms with van der Waals surface area (Å²) >= 11 is 11.2. The Labute approximate surface area is 168 Å². The average molecular weight is 452 g/mol. The maximum absolute atomic E-state index is 12.7. The van der Waals surface area contributed by atoms with E-state index in [9.17, 15) is 9.59 Å². The maximum Gasteiger partial charge on any atom is 0.255 e. The molecule has 3 rings (SSSR count). The number of benzene rings is 1. The van der Waals surface area contributed by atoms with E-state index in [-0.39, 0.29) is 11.5 Å². The number of pyridine rings is 1. The van der Waals surface area contributed by atoms with Crippen LogP contribution in [0.4, 0.5) is 0 Å². The van der Waals surface area contributed by atoms with Crippen LogP contribution in [0.5, 0.6) is 0 Å². The minimum absolute atomic E-state index is 0.137. The average Bonchev–Trinajstić information content (AvgIpc) is 3.03. The van der Waals surface area contributed by atoms with E-state index in [1.54, 1.807) is 41.6 Å². The highest BCUT2D eigenvalue weighted by atomic mass is 79.9. The van der Waals surface area contributed by atoms with Gasteiger partial charge in [0.25, 0.3) is 11.5 Å². The van der Waals surface area contributed by atoms with Crippen LogP contribution in [0.3, 0.4) is 0 Å². The molecule has 0 atom stereocenters. The van der Waals surface area contributed by atoms with Gasteiger partial charge in [0.2, 0.25) is 0 Å². The summed E-state index contributed by atoms with van der Waals surface area (Å²) < 4.78 is 2.53. The van der Waals surface area contributed by atoms with E-state index in [2.05, 4.69) is 15.9 Å². The standard InChI is InChI=1S/C19H16BrClN2O2S/c1-22(12-15-7-8-17(20)26-15)19(25)14-6-9-18(24)23(11-14)10-13-4-2-3-5-16(13)21/h2-9,11H,10,12H2,1H3. The molecule has 3 aromatic rings. The lowest BCUT2D eigenvalue weighted by atomic mass is 10.2. The van der Waals surface area contributed by atoms with Crippen LogP contribution in [-0.4, -0.2) is 22.4 Å². The van der Waals surface area contributed by atoms with Crippen LogP contribution in [0.2, 0.25) is 5.02 Å². The highest BCUT2D eigenvalue weighted by Gasteiger charge is 2.14. The first-order valence-corrected chi connectivity index (χ1v) is 9.86. The zero-order chi connectivity index (χ0) is 18.7. The molecule has 0 aliphatic rings. The molecule has 2 heterocycles. The Morgan fingerprint density at radius 2 is 1.96 bits per heavy atom. The lowest BCUT2D eigenvalue weighted by Crippen LogP contribution is -2.28. The van der Waals surface area contributed by atoms with Crippen LogP contribution in [0.1, 0.15) is 20.8 Å². The van der Waals surface area contributed by atoms with Gasteiger partial charge in [0.05, 0.1) is 22.4 Å². The molecule has 26 heavy (non-hydrogen) atoms. The van der Waals surface area contributed by atoms with Crippen molar-refractivity contribution in [1.29, 1.82) is 0 Å². The minimum atomic E-state index is -0.175. The van der Waals surface area contributed by atoms with Crippen LogP contribution >= 0.6 is 38.9 Å². The molecule has 7 heteroatoms. The third-order valence-corrected chi connectivity index (χ3v) is 5.87. The number of thiophene rings is 1. The third-order valence-electron chi connectivity index (χ3n) is 3.90.